The minimum absolute atomic E-state index is 0.185. The Kier molecular flexibility index (Phi) is 4.36. The Morgan fingerprint density at radius 1 is 1.30 bits per heavy atom. The molecule has 0 amide bonds. The Balaban J connectivity index is 2.40. The fourth-order valence-corrected chi connectivity index (χ4v) is 4.88. The SMILES string of the molecule is CCc1ccc(N(C)S(=O)(=O)c2sc(Cl)nc2C)cc1. The van der Waals surface area contributed by atoms with Crippen molar-refractivity contribution in [3.63, 3.8) is 0 Å². The number of thiazole rings is 1. The third-order valence-corrected chi connectivity index (χ3v) is 6.67. The topological polar surface area (TPSA) is 50.3 Å². The molecule has 0 saturated heterocycles. The minimum Gasteiger partial charge on any atom is -0.269 e. The highest BCUT2D eigenvalue weighted by atomic mass is 35.5. The normalized spacial score (nSPS) is 11.6. The minimum atomic E-state index is -3.62. The van der Waals surface area contributed by atoms with Crippen molar-refractivity contribution in [3.8, 4) is 0 Å². The predicted octanol–water partition coefficient (Wildman–Crippen LogP) is 3.49. The quantitative estimate of drug-likeness (QED) is 0.862. The molecule has 0 radical (unpaired) electrons. The van der Waals surface area contributed by atoms with Gasteiger partial charge in [-0.25, -0.2) is 13.4 Å². The molecule has 0 unspecified atom stereocenters. The van der Waals surface area contributed by atoms with Crippen LogP contribution < -0.4 is 4.31 Å². The standard InChI is InChI=1S/C13H15ClN2O2S2/c1-4-10-5-7-11(8-6-10)16(3)20(17,18)12-9(2)15-13(14)19-12/h5-8H,4H2,1-3H3. The van der Waals surface area contributed by atoms with Crippen molar-refractivity contribution in [1.29, 1.82) is 0 Å². The summed E-state index contributed by atoms with van der Waals surface area (Å²) in [5.41, 5.74) is 2.21. The molecule has 0 saturated carbocycles. The molecule has 20 heavy (non-hydrogen) atoms. The van der Waals surface area contributed by atoms with E-state index < -0.39 is 10.0 Å². The monoisotopic (exact) mass is 330 g/mol. The zero-order valence-corrected chi connectivity index (χ0v) is 13.8. The summed E-state index contributed by atoms with van der Waals surface area (Å²) in [4.78, 5) is 3.96. The van der Waals surface area contributed by atoms with Crippen molar-refractivity contribution in [2.24, 2.45) is 0 Å². The molecule has 0 N–H and O–H groups in total. The molecule has 0 fully saturated rings. The van der Waals surface area contributed by atoms with Gasteiger partial charge in [-0.2, -0.15) is 0 Å². The molecule has 4 nitrogen and oxygen atoms in total. The van der Waals surface area contributed by atoms with Gasteiger partial charge in [0.2, 0.25) is 0 Å². The number of nitrogens with zero attached hydrogens (tertiary/aromatic N) is 2. The molecule has 7 heteroatoms. The average molecular weight is 331 g/mol. The summed E-state index contributed by atoms with van der Waals surface area (Å²) in [6.45, 7) is 3.70. The maximum atomic E-state index is 12.6. The van der Waals surface area contributed by atoms with E-state index in [0.717, 1.165) is 23.3 Å². The molecule has 0 spiro atoms. The number of hydrogen-bond acceptors (Lipinski definition) is 4. The molecule has 1 heterocycles. The van der Waals surface area contributed by atoms with Crippen LogP contribution in [0.1, 0.15) is 18.2 Å². The average Bonchev–Trinajstić information content (AvgIpc) is 2.77. The van der Waals surface area contributed by atoms with Crippen LogP contribution in [-0.2, 0) is 16.4 Å². The Labute approximate surface area is 128 Å². The molecule has 108 valence electrons. The lowest BCUT2D eigenvalue weighted by Crippen LogP contribution is -2.26. The van der Waals surface area contributed by atoms with Crippen molar-refractivity contribution >= 4 is 38.6 Å². The van der Waals surface area contributed by atoms with Crippen LogP contribution in [0, 0.1) is 6.92 Å². The van der Waals surface area contributed by atoms with Crippen LogP contribution >= 0.6 is 22.9 Å². The summed E-state index contributed by atoms with van der Waals surface area (Å²) < 4.78 is 26.8. The van der Waals surface area contributed by atoms with E-state index in [4.69, 9.17) is 11.6 Å². The maximum absolute atomic E-state index is 12.6. The molecular formula is C13H15ClN2O2S2. The summed E-state index contributed by atoms with van der Waals surface area (Å²) >= 11 is 6.76. The van der Waals surface area contributed by atoms with Crippen LogP contribution in [0.2, 0.25) is 4.47 Å². The Morgan fingerprint density at radius 2 is 1.90 bits per heavy atom. The largest absolute Gasteiger partial charge is 0.275 e. The number of benzene rings is 1. The van der Waals surface area contributed by atoms with Crippen molar-refractivity contribution in [2.45, 2.75) is 24.5 Å². The van der Waals surface area contributed by atoms with Gasteiger partial charge >= 0.3 is 0 Å². The first-order chi connectivity index (χ1) is 9.36. The van der Waals surface area contributed by atoms with Gasteiger partial charge in [0, 0.05) is 7.05 Å². The molecule has 0 bridgehead atoms. The third-order valence-electron chi connectivity index (χ3n) is 3.03. The molecule has 0 aliphatic rings. The number of hydrogen-bond donors (Lipinski definition) is 0. The van der Waals surface area contributed by atoms with E-state index in [1.165, 1.54) is 11.4 Å². The Bertz CT molecular complexity index is 708. The van der Waals surface area contributed by atoms with Gasteiger partial charge in [-0.3, -0.25) is 4.31 Å². The Morgan fingerprint density at radius 3 is 2.35 bits per heavy atom. The number of aromatic nitrogens is 1. The number of aryl methyl sites for hydroxylation is 2. The number of rotatable bonds is 4. The lowest BCUT2D eigenvalue weighted by molar-refractivity contribution is 0.595. The zero-order valence-electron chi connectivity index (χ0n) is 11.4. The van der Waals surface area contributed by atoms with Gasteiger partial charge in [0.25, 0.3) is 10.0 Å². The molecular weight excluding hydrogens is 316 g/mol. The lowest BCUT2D eigenvalue weighted by Gasteiger charge is -2.19. The smallest absolute Gasteiger partial charge is 0.269 e. The van der Waals surface area contributed by atoms with E-state index in [1.54, 1.807) is 19.1 Å². The van der Waals surface area contributed by atoms with E-state index in [1.807, 2.05) is 12.1 Å². The summed E-state index contributed by atoms with van der Waals surface area (Å²) in [5.74, 6) is 0. The highest BCUT2D eigenvalue weighted by molar-refractivity contribution is 7.94. The molecule has 2 rings (SSSR count). The van der Waals surface area contributed by atoms with E-state index in [0.29, 0.717) is 11.4 Å². The van der Waals surface area contributed by atoms with E-state index in [9.17, 15) is 8.42 Å². The number of sulfonamides is 1. The maximum Gasteiger partial charge on any atom is 0.275 e. The van der Waals surface area contributed by atoms with Gasteiger partial charge in [0.05, 0.1) is 11.4 Å². The van der Waals surface area contributed by atoms with E-state index in [2.05, 4.69) is 11.9 Å². The molecule has 0 atom stereocenters. The second-order valence-corrected chi connectivity index (χ2v) is 8.08. The van der Waals surface area contributed by atoms with Crippen molar-refractivity contribution in [3.05, 3.63) is 40.0 Å². The summed E-state index contributed by atoms with van der Waals surface area (Å²) in [6.07, 6.45) is 0.917. The fourth-order valence-electron chi connectivity index (χ4n) is 1.79. The van der Waals surface area contributed by atoms with Gasteiger partial charge in [0.15, 0.2) is 8.68 Å². The van der Waals surface area contributed by atoms with Crippen LogP contribution in [0.4, 0.5) is 5.69 Å². The van der Waals surface area contributed by atoms with Crippen LogP contribution in [-0.4, -0.2) is 20.4 Å². The predicted molar refractivity (Wildman–Crippen MR) is 83.3 cm³/mol. The first-order valence-corrected chi connectivity index (χ1v) is 8.70. The van der Waals surface area contributed by atoms with E-state index >= 15 is 0 Å². The second kappa shape index (κ2) is 5.71. The zero-order chi connectivity index (χ0) is 14.9. The van der Waals surface area contributed by atoms with Crippen molar-refractivity contribution < 1.29 is 8.42 Å². The summed E-state index contributed by atoms with van der Waals surface area (Å²) in [5, 5.41) is 0. The first kappa shape index (κ1) is 15.3. The van der Waals surface area contributed by atoms with Gasteiger partial charge in [-0.05, 0) is 31.0 Å². The third kappa shape index (κ3) is 2.82. The Hall–Kier alpha value is -1.11. The first-order valence-electron chi connectivity index (χ1n) is 6.07. The van der Waals surface area contributed by atoms with Gasteiger partial charge in [-0.15, -0.1) is 0 Å². The van der Waals surface area contributed by atoms with Crippen LogP contribution in [0.3, 0.4) is 0 Å². The number of halogens is 1. The van der Waals surface area contributed by atoms with Crippen LogP contribution in [0.25, 0.3) is 0 Å². The van der Waals surface area contributed by atoms with Crippen LogP contribution in [0.15, 0.2) is 28.5 Å². The van der Waals surface area contributed by atoms with Gasteiger partial charge in [-0.1, -0.05) is 42.0 Å². The molecule has 2 aromatic rings. The molecule has 1 aromatic carbocycles. The van der Waals surface area contributed by atoms with Gasteiger partial charge < -0.3 is 0 Å². The van der Waals surface area contributed by atoms with Crippen LogP contribution in [0.5, 0.6) is 0 Å². The molecule has 0 aliphatic heterocycles. The second-order valence-electron chi connectivity index (χ2n) is 4.33. The van der Waals surface area contributed by atoms with Crippen molar-refractivity contribution in [2.75, 3.05) is 11.4 Å². The van der Waals surface area contributed by atoms with E-state index in [-0.39, 0.29) is 8.68 Å². The number of anilines is 1. The molecule has 0 aliphatic carbocycles. The summed E-state index contributed by atoms with van der Waals surface area (Å²) in [7, 11) is -2.09. The van der Waals surface area contributed by atoms with Gasteiger partial charge in [0.1, 0.15) is 0 Å². The highest BCUT2D eigenvalue weighted by Crippen LogP contribution is 2.31. The lowest BCUT2D eigenvalue weighted by atomic mass is 10.1. The highest BCUT2D eigenvalue weighted by Gasteiger charge is 2.26. The summed E-state index contributed by atoms with van der Waals surface area (Å²) in [6, 6.07) is 7.45. The van der Waals surface area contributed by atoms with Crippen molar-refractivity contribution in [1.82, 2.24) is 4.98 Å². The fraction of sp³-hybridized carbons (Fsp3) is 0.308. The molecule has 1 aromatic heterocycles.